The van der Waals surface area contributed by atoms with Gasteiger partial charge >= 0.3 is 7.60 Å². The van der Waals surface area contributed by atoms with E-state index in [2.05, 4.69) is 24.9 Å². The number of nitrogen functional groups attached to an aromatic ring is 2. The number of imidazole rings is 1. The van der Waals surface area contributed by atoms with Crippen molar-refractivity contribution in [2.24, 2.45) is 0 Å². The molecule has 2 fully saturated rings. The van der Waals surface area contributed by atoms with Gasteiger partial charge < -0.3 is 55.4 Å². The van der Waals surface area contributed by atoms with Crippen LogP contribution in [0, 0.1) is 5.82 Å². The van der Waals surface area contributed by atoms with Crippen LogP contribution in [-0.2, 0) is 18.6 Å². The van der Waals surface area contributed by atoms with Crippen LogP contribution in [0.1, 0.15) is 18.9 Å². The van der Waals surface area contributed by atoms with Gasteiger partial charge in [0.05, 0.1) is 31.0 Å². The molecule has 0 radical (unpaired) electrons. The van der Waals surface area contributed by atoms with Crippen molar-refractivity contribution in [3.63, 3.8) is 0 Å². The molecule has 21 heteroatoms. The summed E-state index contributed by atoms with van der Waals surface area (Å²) in [5, 5.41) is 41.7. The standard InChI is InChI=1S/C22H27FN9O10P/c23-7-3-31(17-10(7)16(24)26-5-27-17)20-14(36)12(34)8(41-20)1-2-40-43(38,39)15-13(35)9(4-33)42-21(15)32-6-28-11-18(32)29-22(25)30-19(11)37/h3,5-6,8-9,12-15,20-21,33-36H,1-2,4H2,(H,38,39)(H2,24,26,27)(H3,25,29,30,37)/t8-,9-,12-,13-,14-,15-,20-,21-/m1/s1. The average Bonchev–Trinajstić information content (AvgIpc) is 3.68. The van der Waals surface area contributed by atoms with Gasteiger partial charge in [-0.05, 0) is 0 Å². The number of aromatic nitrogens is 7. The molecule has 2 aliphatic rings. The van der Waals surface area contributed by atoms with Gasteiger partial charge in [-0.15, -0.1) is 0 Å². The molecular formula is C22H27FN9O10P. The van der Waals surface area contributed by atoms with E-state index in [-0.39, 0.29) is 40.4 Å². The minimum atomic E-state index is -4.81. The van der Waals surface area contributed by atoms with Gasteiger partial charge in [-0.1, -0.05) is 0 Å². The summed E-state index contributed by atoms with van der Waals surface area (Å²) in [6.45, 7) is -1.23. The van der Waals surface area contributed by atoms with E-state index in [1.54, 1.807) is 0 Å². The summed E-state index contributed by atoms with van der Waals surface area (Å²) in [6.07, 6.45) is -6.98. The summed E-state index contributed by atoms with van der Waals surface area (Å²) >= 11 is 0. The summed E-state index contributed by atoms with van der Waals surface area (Å²) in [5.41, 5.74) is 8.75. The molecule has 2 aliphatic heterocycles. The molecule has 19 nitrogen and oxygen atoms in total. The van der Waals surface area contributed by atoms with Crippen LogP contribution in [0.5, 0.6) is 0 Å². The highest BCUT2D eigenvalue weighted by molar-refractivity contribution is 7.53. The monoisotopic (exact) mass is 627 g/mol. The molecule has 2 saturated heterocycles. The second kappa shape index (κ2) is 10.8. The van der Waals surface area contributed by atoms with Crippen molar-refractivity contribution in [1.82, 2.24) is 34.1 Å². The number of nitrogens with zero attached hydrogens (tertiary/aromatic N) is 6. The molecular weight excluding hydrogens is 600 g/mol. The van der Waals surface area contributed by atoms with Crippen LogP contribution in [0.3, 0.4) is 0 Å². The number of nitrogens with one attached hydrogen (secondary N) is 1. The van der Waals surface area contributed by atoms with Gasteiger partial charge in [0.1, 0.15) is 42.2 Å². The van der Waals surface area contributed by atoms with Crippen LogP contribution in [-0.4, -0.2) is 109 Å². The summed E-state index contributed by atoms with van der Waals surface area (Å²) in [4.78, 5) is 41.1. The topological polar surface area (TPSA) is 292 Å². The first-order chi connectivity index (χ1) is 20.4. The number of hydrogen-bond donors (Lipinski definition) is 8. The van der Waals surface area contributed by atoms with E-state index in [1.165, 1.54) is 0 Å². The quantitative estimate of drug-likeness (QED) is 0.0953. The Morgan fingerprint density at radius 3 is 2.53 bits per heavy atom. The van der Waals surface area contributed by atoms with E-state index in [0.717, 1.165) is 28.0 Å². The van der Waals surface area contributed by atoms with Gasteiger partial charge in [0.25, 0.3) is 5.56 Å². The lowest BCUT2D eigenvalue weighted by Crippen LogP contribution is -2.34. The number of aliphatic hydroxyl groups excluding tert-OH is 4. The SMILES string of the molecule is Nc1nc2c(ncn2[C@@H]2O[C@H](CO)[C@@H](O)[C@H]2P(=O)(O)OCC[C@H]2O[C@@H](n3cc(F)c4c(N)ncnc43)[C@H](O)[C@@H]2O)c(=O)[nH]1. The number of aromatic amines is 1. The van der Waals surface area contributed by atoms with Crippen molar-refractivity contribution in [2.75, 3.05) is 24.7 Å². The molecule has 6 heterocycles. The molecule has 6 rings (SSSR count). The fourth-order valence-electron chi connectivity index (χ4n) is 5.43. The lowest BCUT2D eigenvalue weighted by molar-refractivity contribution is -0.0435. The number of halogens is 1. The van der Waals surface area contributed by atoms with Crippen molar-refractivity contribution in [1.29, 1.82) is 0 Å². The number of rotatable bonds is 8. The predicted octanol–water partition coefficient (Wildman–Crippen LogP) is -2.30. The van der Waals surface area contributed by atoms with Crippen LogP contribution in [0.4, 0.5) is 16.2 Å². The Labute approximate surface area is 239 Å². The van der Waals surface area contributed by atoms with Crippen LogP contribution in [0.15, 0.2) is 23.6 Å². The van der Waals surface area contributed by atoms with E-state index in [1.807, 2.05) is 0 Å². The number of ether oxygens (including phenoxy) is 2. The van der Waals surface area contributed by atoms with Crippen molar-refractivity contribution < 1.29 is 48.3 Å². The Kier molecular flexibility index (Phi) is 7.43. The maximum Gasteiger partial charge on any atom is 0.338 e. The van der Waals surface area contributed by atoms with E-state index in [4.69, 9.17) is 25.5 Å². The Bertz CT molecular complexity index is 1780. The maximum absolute atomic E-state index is 14.5. The molecule has 4 aromatic heterocycles. The number of hydrogen-bond acceptors (Lipinski definition) is 15. The second-order valence-electron chi connectivity index (χ2n) is 10.1. The van der Waals surface area contributed by atoms with E-state index in [9.17, 15) is 39.1 Å². The first-order valence-corrected chi connectivity index (χ1v) is 14.5. The fourth-order valence-corrected chi connectivity index (χ4v) is 7.09. The van der Waals surface area contributed by atoms with Gasteiger partial charge in [0, 0.05) is 12.6 Å². The third-order valence-electron chi connectivity index (χ3n) is 7.50. The summed E-state index contributed by atoms with van der Waals surface area (Å²) < 4.78 is 47.0. The first-order valence-electron chi connectivity index (χ1n) is 12.8. The minimum absolute atomic E-state index is 0.0166. The van der Waals surface area contributed by atoms with E-state index >= 15 is 0 Å². The van der Waals surface area contributed by atoms with E-state index < -0.39 is 80.8 Å². The number of H-pyrrole nitrogens is 1. The highest BCUT2D eigenvalue weighted by Crippen LogP contribution is 2.57. The molecule has 0 aromatic carbocycles. The third kappa shape index (κ3) is 4.86. The lowest BCUT2D eigenvalue weighted by Gasteiger charge is -2.26. The Hall–Kier alpha value is -3.59. The zero-order chi connectivity index (χ0) is 30.8. The summed E-state index contributed by atoms with van der Waals surface area (Å²) in [5.74, 6) is -1.17. The molecule has 0 bridgehead atoms. The molecule has 0 amide bonds. The molecule has 0 saturated carbocycles. The molecule has 43 heavy (non-hydrogen) atoms. The van der Waals surface area contributed by atoms with Gasteiger partial charge in [0.2, 0.25) is 5.95 Å². The zero-order valence-electron chi connectivity index (χ0n) is 21.9. The summed E-state index contributed by atoms with van der Waals surface area (Å²) in [6, 6.07) is 0. The first kappa shape index (κ1) is 29.5. The molecule has 9 atom stereocenters. The number of fused-ring (bicyclic) bond motifs is 2. The van der Waals surface area contributed by atoms with Crippen LogP contribution < -0.4 is 17.0 Å². The number of aliphatic hydroxyl groups is 4. The number of nitrogens with two attached hydrogens (primary N) is 2. The van der Waals surface area contributed by atoms with Crippen LogP contribution in [0.2, 0.25) is 0 Å². The number of anilines is 2. The highest BCUT2D eigenvalue weighted by Gasteiger charge is 2.55. The van der Waals surface area contributed by atoms with Crippen molar-refractivity contribution in [3.8, 4) is 0 Å². The molecule has 232 valence electrons. The largest absolute Gasteiger partial charge is 0.394 e. The lowest BCUT2D eigenvalue weighted by atomic mass is 10.1. The van der Waals surface area contributed by atoms with E-state index in [0.29, 0.717) is 0 Å². The second-order valence-corrected chi connectivity index (χ2v) is 12.1. The third-order valence-corrected chi connectivity index (χ3v) is 9.37. The summed E-state index contributed by atoms with van der Waals surface area (Å²) in [7, 11) is -4.81. The van der Waals surface area contributed by atoms with Gasteiger partial charge in [-0.25, -0.2) is 19.3 Å². The Morgan fingerprint density at radius 2 is 1.79 bits per heavy atom. The molecule has 0 aliphatic carbocycles. The Morgan fingerprint density at radius 1 is 1.05 bits per heavy atom. The molecule has 0 spiro atoms. The highest BCUT2D eigenvalue weighted by atomic mass is 31.2. The van der Waals surface area contributed by atoms with Crippen molar-refractivity contribution in [2.45, 2.75) is 55.1 Å². The minimum Gasteiger partial charge on any atom is -0.394 e. The van der Waals surface area contributed by atoms with Crippen molar-refractivity contribution in [3.05, 3.63) is 35.0 Å². The van der Waals surface area contributed by atoms with Crippen LogP contribution in [0.25, 0.3) is 22.2 Å². The molecule has 1 unspecified atom stereocenters. The van der Waals surface area contributed by atoms with Gasteiger partial charge in [0.15, 0.2) is 35.1 Å². The molecule has 4 aromatic rings. The van der Waals surface area contributed by atoms with Gasteiger partial charge in [-0.3, -0.25) is 18.9 Å². The normalized spacial score (nSPS) is 30.8. The zero-order valence-corrected chi connectivity index (χ0v) is 22.8. The predicted molar refractivity (Wildman–Crippen MR) is 142 cm³/mol. The fraction of sp³-hybridized carbons (Fsp3) is 0.500. The van der Waals surface area contributed by atoms with Gasteiger partial charge in [-0.2, -0.15) is 4.98 Å². The molecule has 10 N–H and O–H groups in total. The van der Waals surface area contributed by atoms with Crippen molar-refractivity contribution >= 4 is 41.6 Å². The van der Waals surface area contributed by atoms with Crippen LogP contribution >= 0.6 is 7.60 Å². The Balaban J connectivity index is 1.19. The maximum atomic E-state index is 14.5. The average molecular weight is 627 g/mol. The smallest absolute Gasteiger partial charge is 0.338 e.